The molecule has 2 atom stereocenters. The van der Waals surface area contributed by atoms with E-state index in [-0.39, 0.29) is 18.2 Å². The fourth-order valence-electron chi connectivity index (χ4n) is 2.57. The SMILES string of the molecule is CC(C)(C)OC(=O)N1CCC(N)CC1c1ccc(Cl)c(Cl)c1. The van der Waals surface area contributed by atoms with Crippen molar-refractivity contribution < 1.29 is 9.53 Å². The van der Waals surface area contributed by atoms with Crippen LogP contribution in [0, 0.1) is 0 Å². The van der Waals surface area contributed by atoms with Crippen LogP contribution in [0.2, 0.25) is 10.0 Å². The van der Waals surface area contributed by atoms with Crippen molar-refractivity contribution in [2.75, 3.05) is 6.54 Å². The Balaban J connectivity index is 2.26. The lowest BCUT2D eigenvalue weighted by atomic mass is 9.92. The molecular formula is C16H22Cl2N2O2. The molecule has 0 radical (unpaired) electrons. The van der Waals surface area contributed by atoms with Crippen LogP contribution in [0.1, 0.15) is 45.2 Å². The number of nitrogens with zero attached hydrogens (tertiary/aromatic N) is 1. The van der Waals surface area contributed by atoms with Crippen molar-refractivity contribution in [1.29, 1.82) is 0 Å². The molecule has 2 N–H and O–H groups in total. The lowest BCUT2D eigenvalue weighted by Crippen LogP contribution is -2.46. The van der Waals surface area contributed by atoms with Gasteiger partial charge in [-0.1, -0.05) is 29.3 Å². The summed E-state index contributed by atoms with van der Waals surface area (Å²) >= 11 is 12.1. The molecule has 6 heteroatoms. The van der Waals surface area contributed by atoms with Crippen molar-refractivity contribution in [2.24, 2.45) is 5.73 Å². The molecule has 122 valence electrons. The number of halogens is 2. The Morgan fingerprint density at radius 3 is 2.59 bits per heavy atom. The van der Waals surface area contributed by atoms with Crippen molar-refractivity contribution >= 4 is 29.3 Å². The zero-order valence-corrected chi connectivity index (χ0v) is 14.6. The smallest absolute Gasteiger partial charge is 0.410 e. The summed E-state index contributed by atoms with van der Waals surface area (Å²) in [7, 11) is 0. The minimum absolute atomic E-state index is 0.0538. The Hall–Kier alpha value is -0.970. The van der Waals surface area contributed by atoms with Crippen molar-refractivity contribution in [1.82, 2.24) is 4.90 Å². The van der Waals surface area contributed by atoms with E-state index in [4.69, 9.17) is 33.7 Å². The van der Waals surface area contributed by atoms with Crippen LogP contribution < -0.4 is 5.73 Å². The largest absolute Gasteiger partial charge is 0.444 e. The first kappa shape index (κ1) is 17.4. The Labute approximate surface area is 141 Å². The van der Waals surface area contributed by atoms with Gasteiger partial charge >= 0.3 is 6.09 Å². The fourth-order valence-corrected chi connectivity index (χ4v) is 2.87. The van der Waals surface area contributed by atoms with Crippen LogP contribution in [0.5, 0.6) is 0 Å². The van der Waals surface area contributed by atoms with E-state index in [2.05, 4.69) is 0 Å². The third kappa shape index (κ3) is 4.28. The maximum Gasteiger partial charge on any atom is 0.410 e. The molecule has 2 unspecified atom stereocenters. The number of nitrogens with two attached hydrogens (primary N) is 1. The van der Waals surface area contributed by atoms with E-state index < -0.39 is 5.60 Å². The zero-order chi connectivity index (χ0) is 16.5. The number of benzene rings is 1. The quantitative estimate of drug-likeness (QED) is 0.821. The molecule has 1 heterocycles. The van der Waals surface area contributed by atoms with Gasteiger partial charge in [-0.05, 0) is 51.3 Å². The second-order valence-electron chi connectivity index (χ2n) is 6.65. The molecule has 1 fully saturated rings. The highest BCUT2D eigenvalue weighted by Gasteiger charge is 2.34. The van der Waals surface area contributed by atoms with E-state index in [1.807, 2.05) is 26.8 Å². The standard InChI is InChI=1S/C16H22Cl2N2O2/c1-16(2,3)22-15(21)20-7-6-11(19)9-14(20)10-4-5-12(17)13(18)8-10/h4-5,8,11,14H,6-7,9,19H2,1-3H3. The first-order valence-corrected chi connectivity index (χ1v) is 8.13. The van der Waals surface area contributed by atoms with Gasteiger partial charge in [0, 0.05) is 12.6 Å². The van der Waals surface area contributed by atoms with E-state index in [0.717, 1.165) is 12.0 Å². The number of hydrogen-bond donors (Lipinski definition) is 1. The van der Waals surface area contributed by atoms with Crippen LogP contribution in [0.3, 0.4) is 0 Å². The number of ether oxygens (including phenoxy) is 1. The molecule has 1 aromatic carbocycles. The van der Waals surface area contributed by atoms with Gasteiger partial charge in [-0.3, -0.25) is 0 Å². The van der Waals surface area contributed by atoms with Gasteiger partial charge in [-0.2, -0.15) is 0 Å². The van der Waals surface area contributed by atoms with Gasteiger partial charge in [0.15, 0.2) is 0 Å². The monoisotopic (exact) mass is 344 g/mol. The summed E-state index contributed by atoms with van der Waals surface area (Å²) in [6, 6.07) is 5.33. The molecular weight excluding hydrogens is 323 g/mol. The highest BCUT2D eigenvalue weighted by atomic mass is 35.5. The summed E-state index contributed by atoms with van der Waals surface area (Å²) < 4.78 is 5.51. The minimum Gasteiger partial charge on any atom is -0.444 e. The Morgan fingerprint density at radius 1 is 1.32 bits per heavy atom. The Morgan fingerprint density at radius 2 is 2.00 bits per heavy atom. The predicted octanol–water partition coefficient (Wildman–Crippen LogP) is 4.39. The van der Waals surface area contributed by atoms with Crippen LogP contribution in [-0.2, 0) is 4.74 Å². The minimum atomic E-state index is -0.529. The molecule has 4 nitrogen and oxygen atoms in total. The average molecular weight is 345 g/mol. The molecule has 1 aliphatic heterocycles. The second-order valence-corrected chi connectivity index (χ2v) is 7.46. The summed E-state index contributed by atoms with van der Waals surface area (Å²) in [5.74, 6) is 0. The van der Waals surface area contributed by atoms with Gasteiger partial charge in [-0.15, -0.1) is 0 Å². The molecule has 0 aromatic heterocycles. The van der Waals surface area contributed by atoms with Crippen molar-refractivity contribution in [3.8, 4) is 0 Å². The Kier molecular flexibility index (Phi) is 5.25. The van der Waals surface area contributed by atoms with Gasteiger partial charge < -0.3 is 15.4 Å². The number of hydrogen-bond acceptors (Lipinski definition) is 3. The normalized spacial score (nSPS) is 22.5. The van der Waals surface area contributed by atoms with Crippen LogP contribution in [0.25, 0.3) is 0 Å². The molecule has 22 heavy (non-hydrogen) atoms. The van der Waals surface area contributed by atoms with E-state index in [1.54, 1.807) is 17.0 Å². The highest BCUT2D eigenvalue weighted by Crippen LogP contribution is 2.34. The van der Waals surface area contributed by atoms with Crippen LogP contribution in [0.4, 0.5) is 4.79 Å². The third-order valence-electron chi connectivity index (χ3n) is 3.60. The second kappa shape index (κ2) is 6.65. The fraction of sp³-hybridized carbons (Fsp3) is 0.562. The van der Waals surface area contributed by atoms with Crippen molar-refractivity contribution in [2.45, 2.75) is 51.3 Å². The summed E-state index contributed by atoms with van der Waals surface area (Å²) in [6.45, 7) is 6.14. The average Bonchev–Trinajstić information content (AvgIpc) is 2.39. The Bertz CT molecular complexity index is 558. The molecule has 2 rings (SSSR count). The number of piperidine rings is 1. The lowest BCUT2D eigenvalue weighted by Gasteiger charge is -2.39. The summed E-state index contributed by atoms with van der Waals surface area (Å²) in [5.41, 5.74) is 6.48. The van der Waals surface area contributed by atoms with Gasteiger partial charge in [-0.25, -0.2) is 4.79 Å². The first-order chi connectivity index (χ1) is 10.2. The highest BCUT2D eigenvalue weighted by molar-refractivity contribution is 6.42. The van der Waals surface area contributed by atoms with Gasteiger partial charge in [0.05, 0.1) is 16.1 Å². The molecule has 0 aliphatic carbocycles. The number of amides is 1. The molecule has 1 amide bonds. The van der Waals surface area contributed by atoms with E-state index in [1.165, 1.54) is 0 Å². The van der Waals surface area contributed by atoms with Gasteiger partial charge in [0.1, 0.15) is 5.60 Å². The number of likely N-dealkylation sites (tertiary alicyclic amines) is 1. The maximum atomic E-state index is 12.5. The number of rotatable bonds is 1. The predicted molar refractivity (Wildman–Crippen MR) is 89.4 cm³/mol. The summed E-state index contributed by atoms with van der Waals surface area (Å²) in [6.07, 6.45) is 1.12. The number of carbonyl (C=O) groups is 1. The van der Waals surface area contributed by atoms with Crippen molar-refractivity contribution in [3.05, 3.63) is 33.8 Å². The summed E-state index contributed by atoms with van der Waals surface area (Å²) in [4.78, 5) is 14.2. The maximum absolute atomic E-state index is 12.5. The molecule has 1 aromatic rings. The van der Waals surface area contributed by atoms with E-state index in [0.29, 0.717) is 23.0 Å². The van der Waals surface area contributed by atoms with Crippen LogP contribution in [0.15, 0.2) is 18.2 Å². The molecule has 1 saturated heterocycles. The van der Waals surface area contributed by atoms with Crippen LogP contribution in [-0.4, -0.2) is 29.2 Å². The lowest BCUT2D eigenvalue weighted by molar-refractivity contribution is 0.00797. The molecule has 1 aliphatic rings. The first-order valence-electron chi connectivity index (χ1n) is 7.37. The van der Waals surface area contributed by atoms with Gasteiger partial charge in [0.25, 0.3) is 0 Å². The van der Waals surface area contributed by atoms with Crippen molar-refractivity contribution in [3.63, 3.8) is 0 Å². The molecule has 0 bridgehead atoms. The van der Waals surface area contributed by atoms with E-state index in [9.17, 15) is 4.79 Å². The van der Waals surface area contributed by atoms with Gasteiger partial charge in [0.2, 0.25) is 0 Å². The van der Waals surface area contributed by atoms with Crippen LogP contribution >= 0.6 is 23.2 Å². The molecule has 0 spiro atoms. The summed E-state index contributed by atoms with van der Waals surface area (Å²) in [5, 5.41) is 0.969. The molecule has 0 saturated carbocycles. The zero-order valence-electron chi connectivity index (χ0n) is 13.1. The third-order valence-corrected chi connectivity index (χ3v) is 4.34. The number of carbonyl (C=O) groups excluding carboxylic acids is 1. The topological polar surface area (TPSA) is 55.6 Å². The van der Waals surface area contributed by atoms with E-state index >= 15 is 0 Å².